The Bertz CT molecular complexity index is 917. The van der Waals surface area contributed by atoms with Crippen molar-refractivity contribution in [2.45, 2.75) is 19.1 Å². The Morgan fingerprint density at radius 3 is 2.70 bits per heavy atom. The molecular weight excluding hydrogens is 358 g/mol. The fourth-order valence-corrected chi connectivity index (χ4v) is 3.37. The number of nitrogens with one attached hydrogen (secondary N) is 1. The molecule has 0 spiro atoms. The van der Waals surface area contributed by atoms with Crippen molar-refractivity contribution in [3.05, 3.63) is 89.0 Å². The smallest absolute Gasteiger partial charge is 0.194 e. The number of aromatic nitrogens is 2. The minimum atomic E-state index is 0.184. The summed E-state index contributed by atoms with van der Waals surface area (Å²) in [6.45, 7) is 2.23. The van der Waals surface area contributed by atoms with Crippen molar-refractivity contribution < 1.29 is 0 Å². The van der Waals surface area contributed by atoms with E-state index < -0.39 is 0 Å². The number of hydrogen-bond acceptors (Lipinski definition) is 4. The highest BCUT2D eigenvalue weighted by Gasteiger charge is 2.22. The molecule has 3 aromatic rings. The number of nitrogens with zero attached hydrogens (tertiary/aromatic N) is 4. The van der Waals surface area contributed by atoms with Gasteiger partial charge in [0.1, 0.15) is 5.82 Å². The van der Waals surface area contributed by atoms with Gasteiger partial charge in [0.25, 0.3) is 0 Å². The van der Waals surface area contributed by atoms with Crippen molar-refractivity contribution in [2.24, 2.45) is 4.99 Å². The fourth-order valence-electron chi connectivity index (χ4n) is 3.24. The summed E-state index contributed by atoms with van der Waals surface area (Å²) in [5.74, 6) is 1.91. The Morgan fingerprint density at radius 1 is 1.15 bits per heavy atom. The van der Waals surface area contributed by atoms with Gasteiger partial charge < -0.3 is 14.8 Å². The number of rotatable bonds is 5. The van der Waals surface area contributed by atoms with Crippen LogP contribution in [0.25, 0.3) is 0 Å². The van der Waals surface area contributed by atoms with Crippen LogP contribution in [-0.4, -0.2) is 34.0 Å². The summed E-state index contributed by atoms with van der Waals surface area (Å²) in [5.41, 5.74) is 2.45. The van der Waals surface area contributed by atoms with E-state index in [4.69, 9.17) is 11.6 Å². The molecule has 2 aromatic carbocycles. The van der Waals surface area contributed by atoms with Gasteiger partial charge in [-0.2, -0.15) is 0 Å². The molecule has 1 aromatic heterocycles. The highest BCUT2D eigenvalue weighted by molar-refractivity contribution is 6.30. The summed E-state index contributed by atoms with van der Waals surface area (Å²) < 4.78 is 2.18. The van der Waals surface area contributed by atoms with Gasteiger partial charge in [-0.1, -0.05) is 54.1 Å². The van der Waals surface area contributed by atoms with Crippen molar-refractivity contribution in [3.63, 3.8) is 0 Å². The SMILES string of the molecule is CN(Cc1nccn1Cc1ccccc1)C1=NCC(c2ccc(Cl)cc2)N1. The van der Waals surface area contributed by atoms with Crippen LogP contribution in [0, 0.1) is 0 Å². The molecule has 138 valence electrons. The lowest BCUT2D eigenvalue weighted by Gasteiger charge is -2.21. The third-order valence-electron chi connectivity index (χ3n) is 4.74. The number of benzene rings is 2. The van der Waals surface area contributed by atoms with Crippen LogP contribution in [0.3, 0.4) is 0 Å². The largest absolute Gasteiger partial charge is 0.348 e. The molecule has 6 heteroatoms. The maximum absolute atomic E-state index is 5.98. The molecule has 0 fully saturated rings. The summed E-state index contributed by atoms with van der Waals surface area (Å²) in [6, 6.07) is 18.5. The molecule has 2 heterocycles. The highest BCUT2D eigenvalue weighted by atomic mass is 35.5. The molecular formula is C21H22ClN5. The standard InChI is InChI=1S/C21H22ClN5/c1-26(21-24-13-19(25-21)17-7-9-18(22)10-8-17)15-20-23-11-12-27(20)14-16-5-3-2-4-6-16/h2-12,19H,13-15H2,1H3,(H,24,25). The van der Waals surface area contributed by atoms with Crippen LogP contribution >= 0.6 is 11.6 Å². The first-order chi connectivity index (χ1) is 13.2. The van der Waals surface area contributed by atoms with Crippen molar-refractivity contribution in [1.82, 2.24) is 19.8 Å². The van der Waals surface area contributed by atoms with Gasteiger partial charge in [0, 0.05) is 31.0 Å². The zero-order chi connectivity index (χ0) is 18.6. The lowest BCUT2D eigenvalue weighted by atomic mass is 10.1. The molecule has 0 radical (unpaired) electrons. The van der Waals surface area contributed by atoms with Gasteiger partial charge in [0.05, 0.1) is 19.1 Å². The Balaban J connectivity index is 1.39. The summed E-state index contributed by atoms with van der Waals surface area (Å²) in [6.07, 6.45) is 3.88. The van der Waals surface area contributed by atoms with E-state index in [1.165, 1.54) is 11.1 Å². The predicted octanol–water partition coefficient (Wildman–Crippen LogP) is 3.72. The average molecular weight is 380 g/mol. The maximum atomic E-state index is 5.98. The molecule has 1 aliphatic rings. The first-order valence-electron chi connectivity index (χ1n) is 9.00. The lowest BCUT2D eigenvalue weighted by Crippen LogP contribution is -2.37. The zero-order valence-electron chi connectivity index (χ0n) is 15.2. The Labute approximate surface area is 164 Å². The van der Waals surface area contributed by atoms with E-state index in [9.17, 15) is 0 Å². The molecule has 0 bridgehead atoms. The number of aliphatic imine (C=N–C) groups is 1. The lowest BCUT2D eigenvalue weighted by molar-refractivity contribution is 0.453. The monoisotopic (exact) mass is 379 g/mol. The number of guanidine groups is 1. The molecule has 4 rings (SSSR count). The molecule has 1 N–H and O–H groups in total. The van der Waals surface area contributed by atoms with Gasteiger partial charge in [-0.15, -0.1) is 0 Å². The molecule has 1 unspecified atom stereocenters. The molecule has 0 aliphatic carbocycles. The Hall–Kier alpha value is -2.79. The second-order valence-electron chi connectivity index (χ2n) is 6.73. The minimum absolute atomic E-state index is 0.184. The highest BCUT2D eigenvalue weighted by Crippen LogP contribution is 2.20. The van der Waals surface area contributed by atoms with Crippen molar-refractivity contribution in [3.8, 4) is 0 Å². The van der Waals surface area contributed by atoms with Crippen LogP contribution in [0.4, 0.5) is 0 Å². The Morgan fingerprint density at radius 2 is 1.93 bits per heavy atom. The predicted molar refractivity (Wildman–Crippen MR) is 109 cm³/mol. The van der Waals surface area contributed by atoms with Crippen LogP contribution in [0.2, 0.25) is 5.02 Å². The molecule has 0 saturated carbocycles. The summed E-state index contributed by atoms with van der Waals surface area (Å²) in [5, 5.41) is 4.25. The van der Waals surface area contributed by atoms with Crippen LogP contribution in [-0.2, 0) is 13.1 Å². The number of halogens is 1. The molecule has 1 atom stereocenters. The van der Waals surface area contributed by atoms with E-state index in [1.807, 2.05) is 49.8 Å². The third-order valence-corrected chi connectivity index (χ3v) is 4.99. The molecule has 0 saturated heterocycles. The minimum Gasteiger partial charge on any atom is -0.348 e. The van der Waals surface area contributed by atoms with Crippen molar-refractivity contribution in [2.75, 3.05) is 13.6 Å². The van der Waals surface area contributed by atoms with Gasteiger partial charge in [0.2, 0.25) is 0 Å². The van der Waals surface area contributed by atoms with E-state index in [-0.39, 0.29) is 6.04 Å². The first-order valence-corrected chi connectivity index (χ1v) is 9.38. The second kappa shape index (κ2) is 7.84. The topological polar surface area (TPSA) is 45.5 Å². The normalized spacial score (nSPS) is 16.1. The summed E-state index contributed by atoms with van der Waals surface area (Å²) in [4.78, 5) is 11.3. The van der Waals surface area contributed by atoms with Crippen molar-refractivity contribution >= 4 is 17.6 Å². The number of hydrogen-bond donors (Lipinski definition) is 1. The van der Waals surface area contributed by atoms with Gasteiger partial charge in [-0.05, 0) is 23.3 Å². The molecule has 0 amide bonds. The van der Waals surface area contributed by atoms with Crippen LogP contribution in [0.15, 0.2) is 72.0 Å². The van der Waals surface area contributed by atoms with E-state index in [2.05, 4.69) is 49.0 Å². The van der Waals surface area contributed by atoms with E-state index in [1.54, 1.807) is 0 Å². The Kier molecular flexibility index (Phi) is 5.12. The number of imidazole rings is 1. The summed E-state index contributed by atoms with van der Waals surface area (Å²) in [7, 11) is 2.04. The molecule has 1 aliphatic heterocycles. The quantitative estimate of drug-likeness (QED) is 0.734. The zero-order valence-corrected chi connectivity index (χ0v) is 16.0. The van der Waals surface area contributed by atoms with Crippen LogP contribution in [0.1, 0.15) is 23.0 Å². The van der Waals surface area contributed by atoms with E-state index in [0.29, 0.717) is 6.54 Å². The van der Waals surface area contributed by atoms with E-state index >= 15 is 0 Å². The molecule has 27 heavy (non-hydrogen) atoms. The third kappa shape index (κ3) is 4.14. The van der Waals surface area contributed by atoms with Crippen LogP contribution in [0.5, 0.6) is 0 Å². The maximum Gasteiger partial charge on any atom is 0.194 e. The first kappa shape index (κ1) is 17.6. The van der Waals surface area contributed by atoms with Crippen LogP contribution < -0.4 is 5.32 Å². The summed E-state index contributed by atoms with van der Waals surface area (Å²) >= 11 is 5.98. The average Bonchev–Trinajstić information content (AvgIpc) is 3.33. The van der Waals surface area contributed by atoms with E-state index in [0.717, 1.165) is 29.9 Å². The van der Waals surface area contributed by atoms with Crippen molar-refractivity contribution in [1.29, 1.82) is 0 Å². The van der Waals surface area contributed by atoms with Gasteiger partial charge in [0.15, 0.2) is 5.96 Å². The fraction of sp³-hybridized carbons (Fsp3) is 0.238. The van der Waals surface area contributed by atoms with Gasteiger partial charge in [-0.3, -0.25) is 4.99 Å². The second-order valence-corrected chi connectivity index (χ2v) is 7.16. The van der Waals surface area contributed by atoms with Gasteiger partial charge in [-0.25, -0.2) is 4.98 Å². The molecule has 5 nitrogen and oxygen atoms in total. The van der Waals surface area contributed by atoms with Gasteiger partial charge >= 0.3 is 0 Å².